The van der Waals surface area contributed by atoms with Crippen molar-refractivity contribution in [2.24, 2.45) is 5.41 Å². The summed E-state index contributed by atoms with van der Waals surface area (Å²) in [6, 6.07) is 9.80. The van der Waals surface area contributed by atoms with Gasteiger partial charge in [-0.3, -0.25) is 4.79 Å². The Labute approximate surface area is 147 Å². The minimum absolute atomic E-state index is 0.156. The van der Waals surface area contributed by atoms with Crippen molar-refractivity contribution in [3.05, 3.63) is 51.4 Å². The van der Waals surface area contributed by atoms with Crippen LogP contribution in [0.15, 0.2) is 24.3 Å². The molecule has 0 aliphatic heterocycles. The minimum Gasteiger partial charge on any atom is -0.312 e. The van der Waals surface area contributed by atoms with Crippen molar-refractivity contribution in [1.29, 1.82) is 5.26 Å². The molecule has 4 heteroatoms. The molecule has 1 atom stereocenters. The highest BCUT2D eigenvalue weighted by Crippen LogP contribution is 2.48. The van der Waals surface area contributed by atoms with E-state index in [-0.39, 0.29) is 11.3 Å². The fourth-order valence-corrected chi connectivity index (χ4v) is 4.83. The van der Waals surface area contributed by atoms with E-state index in [0.717, 1.165) is 24.0 Å². The van der Waals surface area contributed by atoms with Gasteiger partial charge in [0.25, 0.3) is 5.91 Å². The molecule has 1 amide bonds. The molecule has 0 fully saturated rings. The standard InChI is InChI=1S/C20H22N2OS/c1-12-5-7-14(8-6-12)18(23)22-19-16(11-21)15-10-20(3,4)9-13(2)17(15)24-19/h5-8,13H,9-10H2,1-4H3,(H,22,23)/t13-/m0/s1. The molecule has 0 saturated carbocycles. The van der Waals surface area contributed by atoms with Gasteiger partial charge in [0.2, 0.25) is 0 Å². The van der Waals surface area contributed by atoms with Crippen LogP contribution < -0.4 is 5.32 Å². The number of rotatable bonds is 2. The maximum atomic E-state index is 12.5. The normalized spacial score (nSPS) is 18.5. The summed E-state index contributed by atoms with van der Waals surface area (Å²) in [5.74, 6) is 0.267. The number of thiophene rings is 1. The van der Waals surface area contributed by atoms with E-state index in [0.29, 0.717) is 22.0 Å². The van der Waals surface area contributed by atoms with Crippen molar-refractivity contribution < 1.29 is 4.79 Å². The minimum atomic E-state index is -0.156. The van der Waals surface area contributed by atoms with Gasteiger partial charge in [0, 0.05) is 10.4 Å². The van der Waals surface area contributed by atoms with E-state index in [1.165, 1.54) is 4.88 Å². The highest BCUT2D eigenvalue weighted by atomic mass is 32.1. The van der Waals surface area contributed by atoms with Crippen LogP contribution in [-0.4, -0.2) is 5.91 Å². The van der Waals surface area contributed by atoms with Gasteiger partial charge in [0.1, 0.15) is 11.1 Å². The molecule has 1 N–H and O–H groups in total. The van der Waals surface area contributed by atoms with Crippen molar-refractivity contribution in [3.63, 3.8) is 0 Å². The summed E-state index contributed by atoms with van der Waals surface area (Å²) in [5, 5.41) is 13.3. The number of anilines is 1. The molecule has 0 bridgehead atoms. The van der Waals surface area contributed by atoms with Crippen LogP contribution in [0.5, 0.6) is 0 Å². The molecule has 0 spiro atoms. The average molecular weight is 338 g/mol. The van der Waals surface area contributed by atoms with Crippen LogP contribution in [0.2, 0.25) is 0 Å². The molecule has 1 aliphatic carbocycles. The van der Waals surface area contributed by atoms with Crippen molar-refractivity contribution >= 4 is 22.2 Å². The Balaban J connectivity index is 1.94. The zero-order chi connectivity index (χ0) is 17.5. The maximum absolute atomic E-state index is 12.5. The fourth-order valence-electron chi connectivity index (χ4n) is 3.62. The summed E-state index contributed by atoms with van der Waals surface area (Å²) in [5.41, 5.74) is 3.70. The molecule has 2 aromatic rings. The summed E-state index contributed by atoms with van der Waals surface area (Å²) in [7, 11) is 0. The number of nitrogens with zero attached hydrogens (tertiary/aromatic N) is 1. The third-order valence-corrected chi connectivity index (χ3v) is 6.03. The Morgan fingerprint density at radius 3 is 2.62 bits per heavy atom. The molecule has 1 aromatic heterocycles. The lowest BCUT2D eigenvalue weighted by Gasteiger charge is -2.33. The van der Waals surface area contributed by atoms with Crippen molar-refractivity contribution in [3.8, 4) is 6.07 Å². The van der Waals surface area contributed by atoms with Crippen molar-refractivity contribution in [2.45, 2.75) is 46.5 Å². The summed E-state index contributed by atoms with van der Waals surface area (Å²) in [6.45, 7) is 8.69. The first-order valence-corrected chi connectivity index (χ1v) is 9.06. The summed E-state index contributed by atoms with van der Waals surface area (Å²) in [6.07, 6.45) is 2.00. The number of nitrogens with one attached hydrogen (secondary N) is 1. The van der Waals surface area contributed by atoms with Crippen LogP contribution in [0.1, 0.15) is 65.0 Å². The van der Waals surface area contributed by atoms with Gasteiger partial charge in [-0.15, -0.1) is 11.3 Å². The zero-order valence-electron chi connectivity index (χ0n) is 14.6. The van der Waals surface area contributed by atoms with Gasteiger partial charge in [0.05, 0.1) is 5.56 Å². The Bertz CT molecular complexity index is 825. The van der Waals surface area contributed by atoms with Crippen LogP contribution in [0.3, 0.4) is 0 Å². The Morgan fingerprint density at radius 2 is 2.00 bits per heavy atom. The molecule has 0 saturated heterocycles. The van der Waals surface area contributed by atoms with Crippen LogP contribution in [0.4, 0.5) is 5.00 Å². The smallest absolute Gasteiger partial charge is 0.256 e. The van der Waals surface area contributed by atoms with Gasteiger partial charge < -0.3 is 5.32 Å². The van der Waals surface area contributed by atoms with E-state index in [2.05, 4.69) is 32.2 Å². The quantitative estimate of drug-likeness (QED) is 0.812. The third-order valence-electron chi connectivity index (χ3n) is 4.65. The second-order valence-corrected chi connectivity index (χ2v) is 8.58. The van der Waals surface area contributed by atoms with Gasteiger partial charge in [-0.25, -0.2) is 0 Å². The van der Waals surface area contributed by atoms with Crippen LogP contribution in [-0.2, 0) is 6.42 Å². The van der Waals surface area contributed by atoms with Gasteiger partial charge in [-0.1, -0.05) is 38.5 Å². The number of hydrogen-bond acceptors (Lipinski definition) is 3. The summed E-state index contributed by atoms with van der Waals surface area (Å²) < 4.78 is 0. The largest absolute Gasteiger partial charge is 0.312 e. The molecule has 1 heterocycles. The molecule has 1 aliphatic rings. The van der Waals surface area contributed by atoms with E-state index < -0.39 is 0 Å². The monoisotopic (exact) mass is 338 g/mol. The lowest BCUT2D eigenvalue weighted by Crippen LogP contribution is -2.23. The molecular formula is C20H22N2OS. The van der Waals surface area contributed by atoms with Gasteiger partial charge in [0.15, 0.2) is 0 Å². The van der Waals surface area contributed by atoms with E-state index in [1.54, 1.807) is 11.3 Å². The summed E-state index contributed by atoms with van der Waals surface area (Å²) in [4.78, 5) is 13.8. The topological polar surface area (TPSA) is 52.9 Å². The van der Waals surface area contributed by atoms with E-state index in [1.807, 2.05) is 31.2 Å². The maximum Gasteiger partial charge on any atom is 0.256 e. The molecule has 3 rings (SSSR count). The van der Waals surface area contributed by atoms with Crippen LogP contribution >= 0.6 is 11.3 Å². The number of hydrogen-bond donors (Lipinski definition) is 1. The number of fused-ring (bicyclic) bond motifs is 1. The SMILES string of the molecule is Cc1ccc(C(=O)Nc2sc3c(c2C#N)CC(C)(C)C[C@@H]3C)cc1. The van der Waals surface area contributed by atoms with Gasteiger partial charge >= 0.3 is 0 Å². The zero-order valence-corrected chi connectivity index (χ0v) is 15.4. The lowest BCUT2D eigenvalue weighted by atomic mass is 9.72. The predicted octanol–water partition coefficient (Wildman–Crippen LogP) is 5.26. The number of carbonyl (C=O) groups excluding carboxylic acids is 1. The number of amides is 1. The fraction of sp³-hybridized carbons (Fsp3) is 0.400. The van der Waals surface area contributed by atoms with Crippen molar-refractivity contribution in [2.75, 3.05) is 5.32 Å². The number of nitriles is 1. The highest BCUT2D eigenvalue weighted by molar-refractivity contribution is 7.16. The second-order valence-electron chi connectivity index (χ2n) is 7.53. The van der Waals surface area contributed by atoms with Gasteiger partial charge in [-0.05, 0) is 48.8 Å². The number of carbonyl (C=O) groups is 1. The molecule has 3 nitrogen and oxygen atoms in total. The van der Waals surface area contributed by atoms with Gasteiger partial charge in [-0.2, -0.15) is 5.26 Å². The molecule has 0 unspecified atom stereocenters. The van der Waals surface area contributed by atoms with Crippen molar-refractivity contribution in [1.82, 2.24) is 0 Å². The Morgan fingerprint density at radius 1 is 1.33 bits per heavy atom. The molecule has 1 aromatic carbocycles. The van der Waals surface area contributed by atoms with E-state index >= 15 is 0 Å². The van der Waals surface area contributed by atoms with Crippen LogP contribution in [0.25, 0.3) is 0 Å². The Hall–Kier alpha value is -2.12. The molecular weight excluding hydrogens is 316 g/mol. The highest BCUT2D eigenvalue weighted by Gasteiger charge is 2.34. The molecule has 24 heavy (non-hydrogen) atoms. The first-order valence-electron chi connectivity index (χ1n) is 8.24. The number of benzene rings is 1. The Kier molecular flexibility index (Phi) is 4.23. The molecule has 124 valence electrons. The summed E-state index contributed by atoms with van der Waals surface area (Å²) >= 11 is 1.57. The average Bonchev–Trinajstić information content (AvgIpc) is 2.84. The predicted molar refractivity (Wildman–Crippen MR) is 98.7 cm³/mol. The van der Waals surface area contributed by atoms with Crippen LogP contribution in [0, 0.1) is 23.7 Å². The van der Waals surface area contributed by atoms with E-state index in [9.17, 15) is 10.1 Å². The first kappa shape index (κ1) is 16.7. The first-order chi connectivity index (χ1) is 11.3. The second kappa shape index (κ2) is 6.07. The number of aryl methyl sites for hydroxylation is 1. The van der Waals surface area contributed by atoms with E-state index in [4.69, 9.17) is 0 Å². The molecule has 0 radical (unpaired) electrons. The lowest BCUT2D eigenvalue weighted by molar-refractivity contribution is 0.102. The third kappa shape index (κ3) is 3.09.